The molecule has 1 amide bonds. The summed E-state index contributed by atoms with van der Waals surface area (Å²) in [6, 6.07) is 5.15. The molecule has 2 rings (SSSR count). The molecule has 1 aromatic carbocycles. The van der Waals surface area contributed by atoms with Crippen LogP contribution in [0.4, 0.5) is 0 Å². The van der Waals surface area contributed by atoms with E-state index in [1.165, 1.54) is 14.2 Å². The Kier molecular flexibility index (Phi) is 4.12. The van der Waals surface area contributed by atoms with Gasteiger partial charge < -0.3 is 19.5 Å². The zero-order valence-electron chi connectivity index (χ0n) is 11.5. The number of carboxylic acids is 1. The minimum Gasteiger partial charge on any atom is -0.496 e. The number of methoxy groups -OCH3 is 2. The Bertz CT molecular complexity index is 500. The molecule has 20 heavy (non-hydrogen) atoms. The maximum atomic E-state index is 12.4. The van der Waals surface area contributed by atoms with Gasteiger partial charge in [-0.15, -0.1) is 0 Å². The second-order valence-electron chi connectivity index (χ2n) is 4.71. The molecule has 1 aliphatic rings. The highest BCUT2D eigenvalue weighted by Crippen LogP contribution is 2.32. The molecular weight excluding hydrogens is 262 g/mol. The van der Waals surface area contributed by atoms with Crippen molar-refractivity contribution in [3.8, 4) is 11.5 Å². The predicted molar refractivity (Wildman–Crippen MR) is 71.2 cm³/mol. The molecule has 1 N–H and O–H groups in total. The molecule has 1 aliphatic heterocycles. The van der Waals surface area contributed by atoms with Gasteiger partial charge in [0.1, 0.15) is 17.1 Å². The van der Waals surface area contributed by atoms with Gasteiger partial charge in [0, 0.05) is 19.0 Å². The average Bonchev–Trinajstić information content (AvgIpc) is 2.40. The van der Waals surface area contributed by atoms with Gasteiger partial charge in [-0.3, -0.25) is 9.59 Å². The van der Waals surface area contributed by atoms with Crippen molar-refractivity contribution in [2.75, 3.05) is 27.3 Å². The molecule has 0 aromatic heterocycles. The Morgan fingerprint density at radius 1 is 1.25 bits per heavy atom. The number of carboxylic acid groups (broad SMARTS) is 1. The van der Waals surface area contributed by atoms with E-state index in [1.807, 2.05) is 0 Å². The fraction of sp³-hybridized carbons (Fsp3) is 0.429. The van der Waals surface area contributed by atoms with E-state index in [2.05, 4.69) is 0 Å². The number of nitrogens with zero attached hydrogens (tertiary/aromatic N) is 1. The van der Waals surface area contributed by atoms with Crippen molar-refractivity contribution in [1.29, 1.82) is 0 Å². The SMILES string of the molecule is COc1cccc(OC)c1C(=O)N1CC(CC(=O)O)C1. The molecule has 0 spiro atoms. The Labute approximate surface area is 116 Å². The van der Waals surface area contributed by atoms with Crippen LogP contribution >= 0.6 is 0 Å². The van der Waals surface area contributed by atoms with Crippen LogP contribution in [0.5, 0.6) is 11.5 Å². The highest BCUT2D eigenvalue weighted by molar-refractivity contribution is 6.00. The maximum Gasteiger partial charge on any atom is 0.303 e. The number of hydrogen-bond acceptors (Lipinski definition) is 4. The fourth-order valence-corrected chi connectivity index (χ4v) is 2.33. The second-order valence-corrected chi connectivity index (χ2v) is 4.71. The molecule has 1 aromatic rings. The summed E-state index contributed by atoms with van der Waals surface area (Å²) in [6.45, 7) is 0.901. The number of amides is 1. The summed E-state index contributed by atoms with van der Waals surface area (Å²) >= 11 is 0. The minimum absolute atomic E-state index is 0.0251. The third-order valence-corrected chi connectivity index (χ3v) is 3.35. The van der Waals surface area contributed by atoms with Crippen LogP contribution in [-0.2, 0) is 4.79 Å². The summed E-state index contributed by atoms with van der Waals surface area (Å²) in [7, 11) is 2.99. The number of ether oxygens (including phenoxy) is 2. The molecular formula is C14H17NO5. The lowest BCUT2D eigenvalue weighted by molar-refractivity contribution is -0.139. The van der Waals surface area contributed by atoms with Crippen molar-refractivity contribution in [3.05, 3.63) is 23.8 Å². The number of carbonyl (C=O) groups is 2. The topological polar surface area (TPSA) is 76.1 Å². The summed E-state index contributed by atoms with van der Waals surface area (Å²) in [6.07, 6.45) is 0.0901. The highest BCUT2D eigenvalue weighted by Gasteiger charge is 2.34. The van der Waals surface area contributed by atoms with E-state index in [-0.39, 0.29) is 18.2 Å². The zero-order chi connectivity index (χ0) is 14.7. The van der Waals surface area contributed by atoms with E-state index in [0.29, 0.717) is 30.2 Å². The zero-order valence-corrected chi connectivity index (χ0v) is 11.5. The second kappa shape index (κ2) is 5.81. The Hall–Kier alpha value is -2.24. The number of benzene rings is 1. The van der Waals surface area contributed by atoms with Gasteiger partial charge in [-0.25, -0.2) is 0 Å². The molecule has 0 aliphatic carbocycles. The van der Waals surface area contributed by atoms with E-state index in [9.17, 15) is 9.59 Å². The predicted octanol–water partition coefficient (Wildman–Crippen LogP) is 1.25. The Balaban J connectivity index is 2.13. The van der Waals surface area contributed by atoms with Crippen molar-refractivity contribution in [2.45, 2.75) is 6.42 Å². The van der Waals surface area contributed by atoms with Crippen LogP contribution in [0.3, 0.4) is 0 Å². The number of hydrogen-bond donors (Lipinski definition) is 1. The van der Waals surface area contributed by atoms with Crippen molar-refractivity contribution in [2.24, 2.45) is 5.92 Å². The minimum atomic E-state index is -0.836. The van der Waals surface area contributed by atoms with E-state index >= 15 is 0 Å². The lowest BCUT2D eigenvalue weighted by Gasteiger charge is -2.38. The van der Waals surface area contributed by atoms with Crippen LogP contribution in [-0.4, -0.2) is 49.2 Å². The standard InChI is InChI=1S/C14H17NO5/c1-19-10-4-3-5-11(20-2)13(10)14(18)15-7-9(8-15)6-12(16)17/h3-5,9H,6-8H2,1-2H3,(H,16,17). The first-order valence-corrected chi connectivity index (χ1v) is 6.28. The van der Waals surface area contributed by atoms with Gasteiger partial charge in [0.2, 0.25) is 0 Å². The van der Waals surface area contributed by atoms with Crippen LogP contribution in [0.25, 0.3) is 0 Å². The molecule has 108 valence electrons. The molecule has 1 heterocycles. The van der Waals surface area contributed by atoms with Crippen LogP contribution in [0.1, 0.15) is 16.8 Å². The van der Waals surface area contributed by atoms with Gasteiger partial charge in [0.15, 0.2) is 0 Å². The largest absolute Gasteiger partial charge is 0.496 e. The molecule has 0 atom stereocenters. The molecule has 0 saturated carbocycles. The van der Waals surface area contributed by atoms with Crippen molar-refractivity contribution in [3.63, 3.8) is 0 Å². The first kappa shape index (κ1) is 14.2. The Morgan fingerprint density at radius 2 is 1.80 bits per heavy atom. The quantitative estimate of drug-likeness (QED) is 0.878. The van der Waals surface area contributed by atoms with E-state index in [0.717, 1.165) is 0 Å². The van der Waals surface area contributed by atoms with Crippen LogP contribution in [0, 0.1) is 5.92 Å². The Morgan fingerprint density at radius 3 is 2.25 bits per heavy atom. The van der Waals surface area contributed by atoms with Gasteiger partial charge in [-0.05, 0) is 12.1 Å². The normalized spacial score (nSPS) is 14.6. The fourth-order valence-electron chi connectivity index (χ4n) is 2.33. The third kappa shape index (κ3) is 2.68. The molecule has 0 bridgehead atoms. The molecule has 6 nitrogen and oxygen atoms in total. The lowest BCUT2D eigenvalue weighted by atomic mass is 9.95. The van der Waals surface area contributed by atoms with Crippen molar-refractivity contribution >= 4 is 11.9 Å². The van der Waals surface area contributed by atoms with E-state index < -0.39 is 5.97 Å². The molecule has 1 fully saturated rings. The van der Waals surface area contributed by atoms with Crippen LogP contribution < -0.4 is 9.47 Å². The first-order valence-electron chi connectivity index (χ1n) is 6.28. The van der Waals surface area contributed by atoms with E-state index in [1.54, 1.807) is 23.1 Å². The number of rotatable bonds is 5. The summed E-state index contributed by atoms with van der Waals surface area (Å²) in [5, 5.41) is 8.71. The summed E-state index contributed by atoms with van der Waals surface area (Å²) in [4.78, 5) is 24.6. The highest BCUT2D eigenvalue weighted by atomic mass is 16.5. The molecule has 1 saturated heterocycles. The van der Waals surface area contributed by atoms with Crippen molar-refractivity contribution < 1.29 is 24.2 Å². The number of aliphatic carboxylic acids is 1. The summed E-state index contributed by atoms with van der Waals surface area (Å²) in [5.74, 6) is -0.0952. The summed E-state index contributed by atoms with van der Waals surface area (Å²) < 4.78 is 10.4. The van der Waals surface area contributed by atoms with Gasteiger partial charge in [-0.2, -0.15) is 0 Å². The van der Waals surface area contributed by atoms with Gasteiger partial charge in [0.05, 0.1) is 20.6 Å². The maximum absolute atomic E-state index is 12.4. The number of likely N-dealkylation sites (tertiary alicyclic amines) is 1. The van der Waals surface area contributed by atoms with Crippen molar-refractivity contribution in [1.82, 2.24) is 4.90 Å². The first-order chi connectivity index (χ1) is 9.56. The lowest BCUT2D eigenvalue weighted by Crippen LogP contribution is -2.50. The van der Waals surface area contributed by atoms with Gasteiger partial charge in [-0.1, -0.05) is 6.07 Å². The van der Waals surface area contributed by atoms with E-state index in [4.69, 9.17) is 14.6 Å². The van der Waals surface area contributed by atoms with Crippen LogP contribution in [0.15, 0.2) is 18.2 Å². The molecule has 6 heteroatoms. The molecule has 0 unspecified atom stereocenters. The third-order valence-electron chi connectivity index (χ3n) is 3.35. The monoisotopic (exact) mass is 279 g/mol. The van der Waals surface area contributed by atoms with Crippen LogP contribution in [0.2, 0.25) is 0 Å². The van der Waals surface area contributed by atoms with Gasteiger partial charge >= 0.3 is 5.97 Å². The smallest absolute Gasteiger partial charge is 0.303 e. The summed E-state index contributed by atoms with van der Waals surface area (Å²) in [5.41, 5.74) is 0.381. The number of carbonyl (C=O) groups excluding carboxylic acids is 1. The average molecular weight is 279 g/mol. The molecule has 0 radical (unpaired) electrons. The van der Waals surface area contributed by atoms with Gasteiger partial charge in [0.25, 0.3) is 5.91 Å².